The largest absolute Gasteiger partial charge is 0.448 e. The van der Waals surface area contributed by atoms with Crippen LogP contribution in [0.4, 0.5) is 14.5 Å². The zero-order valence-corrected chi connectivity index (χ0v) is 11.0. The van der Waals surface area contributed by atoms with Crippen molar-refractivity contribution >= 4 is 16.6 Å². The molecule has 0 aliphatic rings. The number of nitro groups is 1. The van der Waals surface area contributed by atoms with Gasteiger partial charge in [-0.15, -0.1) is 0 Å². The van der Waals surface area contributed by atoms with E-state index in [0.717, 1.165) is 6.07 Å². The topological polar surface area (TPSA) is 65.3 Å². The molecule has 0 fully saturated rings. The van der Waals surface area contributed by atoms with Gasteiger partial charge < -0.3 is 4.74 Å². The average molecular weight is 302 g/mol. The van der Waals surface area contributed by atoms with Crippen LogP contribution in [0, 0.1) is 21.7 Å². The van der Waals surface area contributed by atoms with Crippen LogP contribution in [0.25, 0.3) is 10.9 Å². The van der Waals surface area contributed by atoms with Gasteiger partial charge in [0.1, 0.15) is 11.6 Å². The molecule has 0 aliphatic heterocycles. The summed E-state index contributed by atoms with van der Waals surface area (Å²) in [5.74, 6) is -1.54. The molecule has 0 unspecified atom stereocenters. The molecule has 0 bridgehead atoms. The van der Waals surface area contributed by atoms with E-state index < -0.39 is 22.2 Å². The van der Waals surface area contributed by atoms with Crippen molar-refractivity contribution in [2.45, 2.75) is 0 Å². The summed E-state index contributed by atoms with van der Waals surface area (Å²) in [4.78, 5) is 14.1. The van der Waals surface area contributed by atoms with E-state index in [4.69, 9.17) is 4.74 Å². The maximum Gasteiger partial charge on any atom is 0.346 e. The molecule has 7 heteroatoms. The molecule has 3 aromatic rings. The van der Waals surface area contributed by atoms with E-state index in [9.17, 15) is 18.9 Å². The molecule has 1 heterocycles. The molecule has 110 valence electrons. The van der Waals surface area contributed by atoms with Crippen molar-refractivity contribution in [3.8, 4) is 11.5 Å². The number of nitro benzene ring substituents is 1. The predicted molar refractivity (Wildman–Crippen MR) is 74.8 cm³/mol. The summed E-state index contributed by atoms with van der Waals surface area (Å²) in [6.07, 6.45) is 1.33. The lowest BCUT2D eigenvalue weighted by molar-refractivity contribution is -0.388. The van der Waals surface area contributed by atoms with Gasteiger partial charge in [-0.25, -0.2) is 4.39 Å². The lowest BCUT2D eigenvalue weighted by atomic mass is 10.2. The molecule has 0 N–H and O–H groups in total. The third-order valence-corrected chi connectivity index (χ3v) is 2.98. The average Bonchev–Trinajstić information content (AvgIpc) is 2.46. The Labute approximate surface area is 122 Å². The van der Waals surface area contributed by atoms with Gasteiger partial charge in [0.2, 0.25) is 11.6 Å². The highest BCUT2D eigenvalue weighted by molar-refractivity contribution is 5.79. The van der Waals surface area contributed by atoms with E-state index in [1.54, 1.807) is 0 Å². The van der Waals surface area contributed by atoms with Crippen LogP contribution >= 0.6 is 0 Å². The molecule has 22 heavy (non-hydrogen) atoms. The molecule has 0 atom stereocenters. The van der Waals surface area contributed by atoms with Crippen molar-refractivity contribution in [2.24, 2.45) is 0 Å². The number of fused-ring (bicyclic) bond motifs is 1. The van der Waals surface area contributed by atoms with E-state index in [1.807, 2.05) is 0 Å². The summed E-state index contributed by atoms with van der Waals surface area (Å²) in [5.41, 5.74) is -0.218. The minimum atomic E-state index is -0.998. The predicted octanol–water partition coefficient (Wildman–Crippen LogP) is 4.21. The van der Waals surface area contributed by atoms with E-state index in [2.05, 4.69) is 4.98 Å². The smallest absolute Gasteiger partial charge is 0.346 e. The first kappa shape index (κ1) is 13.9. The summed E-state index contributed by atoms with van der Waals surface area (Å²) in [5, 5.41) is 11.4. The molecule has 0 aliphatic carbocycles. The van der Waals surface area contributed by atoms with Crippen molar-refractivity contribution < 1.29 is 18.4 Å². The lowest BCUT2D eigenvalue weighted by Crippen LogP contribution is -1.97. The normalized spacial score (nSPS) is 10.6. The number of ether oxygens (including phenoxy) is 1. The Bertz CT molecular complexity index is 884. The molecule has 0 radical (unpaired) electrons. The lowest BCUT2D eigenvalue weighted by Gasteiger charge is -2.07. The number of nitrogens with zero attached hydrogens (tertiary/aromatic N) is 2. The zero-order chi connectivity index (χ0) is 15.7. The van der Waals surface area contributed by atoms with Crippen LogP contribution in [0.2, 0.25) is 0 Å². The highest BCUT2D eigenvalue weighted by Crippen LogP contribution is 2.33. The van der Waals surface area contributed by atoms with Crippen molar-refractivity contribution in [3.05, 3.63) is 70.4 Å². The Morgan fingerprint density at radius 1 is 1.14 bits per heavy atom. The number of rotatable bonds is 3. The molecule has 0 spiro atoms. The maximum absolute atomic E-state index is 13.5. The van der Waals surface area contributed by atoms with Crippen LogP contribution in [0.5, 0.6) is 11.5 Å². The zero-order valence-electron chi connectivity index (χ0n) is 11.0. The Morgan fingerprint density at radius 3 is 2.73 bits per heavy atom. The van der Waals surface area contributed by atoms with Gasteiger partial charge in [-0.2, -0.15) is 4.39 Å². The Kier molecular flexibility index (Phi) is 3.38. The van der Waals surface area contributed by atoms with Gasteiger partial charge in [0.25, 0.3) is 0 Å². The summed E-state index contributed by atoms with van der Waals surface area (Å²) in [7, 11) is 0. The van der Waals surface area contributed by atoms with Gasteiger partial charge in [-0.1, -0.05) is 6.07 Å². The second-order valence-electron chi connectivity index (χ2n) is 4.45. The van der Waals surface area contributed by atoms with E-state index in [1.165, 1.54) is 42.6 Å². The van der Waals surface area contributed by atoms with Crippen molar-refractivity contribution in [1.29, 1.82) is 0 Å². The van der Waals surface area contributed by atoms with E-state index in [0.29, 0.717) is 10.9 Å². The monoisotopic (exact) mass is 302 g/mol. The third kappa shape index (κ3) is 2.56. The van der Waals surface area contributed by atoms with Crippen LogP contribution in [0.3, 0.4) is 0 Å². The van der Waals surface area contributed by atoms with Crippen LogP contribution in [-0.2, 0) is 0 Å². The van der Waals surface area contributed by atoms with Gasteiger partial charge >= 0.3 is 5.69 Å². The molecule has 5 nitrogen and oxygen atoms in total. The quantitative estimate of drug-likeness (QED) is 0.537. The van der Waals surface area contributed by atoms with Gasteiger partial charge in [0.15, 0.2) is 0 Å². The second-order valence-corrected chi connectivity index (χ2v) is 4.45. The highest BCUT2D eigenvalue weighted by atomic mass is 19.1. The van der Waals surface area contributed by atoms with Gasteiger partial charge in [-0.3, -0.25) is 15.1 Å². The molecule has 3 rings (SSSR count). The number of para-hydroxylation sites is 1. The minimum Gasteiger partial charge on any atom is -0.448 e. The summed E-state index contributed by atoms with van der Waals surface area (Å²) in [6.45, 7) is 0. The fraction of sp³-hybridized carbons (Fsp3) is 0. The molecular formula is C15H8F2N2O3. The van der Waals surface area contributed by atoms with Gasteiger partial charge in [0.05, 0.1) is 16.6 Å². The standard InChI is InChI=1S/C15H8F2N2O3/c16-10-4-5-13-9(6-10)7-11(8-18-13)22-14-3-1-2-12(17)15(14)19(20)21/h1-8H. The molecule has 1 aromatic heterocycles. The minimum absolute atomic E-state index is 0.145. The van der Waals surface area contributed by atoms with Crippen molar-refractivity contribution in [2.75, 3.05) is 0 Å². The third-order valence-electron chi connectivity index (χ3n) is 2.98. The molecule has 0 saturated carbocycles. The second kappa shape index (κ2) is 5.36. The van der Waals surface area contributed by atoms with Crippen LogP contribution in [0.15, 0.2) is 48.7 Å². The van der Waals surface area contributed by atoms with Crippen LogP contribution in [-0.4, -0.2) is 9.91 Å². The van der Waals surface area contributed by atoms with E-state index >= 15 is 0 Å². The highest BCUT2D eigenvalue weighted by Gasteiger charge is 2.21. The fourth-order valence-electron chi connectivity index (χ4n) is 2.02. The molecule has 0 saturated heterocycles. The summed E-state index contributed by atoms with van der Waals surface area (Å²) < 4.78 is 32.1. The Balaban J connectivity index is 2.03. The Morgan fingerprint density at radius 2 is 1.95 bits per heavy atom. The number of pyridine rings is 1. The SMILES string of the molecule is O=[N+]([O-])c1c(F)cccc1Oc1cnc2ccc(F)cc2c1. The fourth-order valence-corrected chi connectivity index (χ4v) is 2.02. The first-order chi connectivity index (χ1) is 10.5. The number of aromatic nitrogens is 1. The van der Waals surface area contributed by atoms with E-state index in [-0.39, 0.29) is 11.5 Å². The van der Waals surface area contributed by atoms with Crippen molar-refractivity contribution in [3.63, 3.8) is 0 Å². The van der Waals surface area contributed by atoms with Crippen LogP contribution < -0.4 is 4.74 Å². The number of hydrogen-bond acceptors (Lipinski definition) is 4. The maximum atomic E-state index is 13.5. The number of halogens is 2. The summed E-state index contributed by atoms with van der Waals surface area (Å²) >= 11 is 0. The Hall–Kier alpha value is -3.09. The summed E-state index contributed by atoms with van der Waals surface area (Å²) in [6, 6.07) is 9.05. The molecule has 0 amide bonds. The molecule has 2 aromatic carbocycles. The van der Waals surface area contributed by atoms with Crippen molar-refractivity contribution in [1.82, 2.24) is 4.98 Å². The van der Waals surface area contributed by atoms with Gasteiger partial charge in [-0.05, 0) is 36.4 Å². The first-order valence-corrected chi connectivity index (χ1v) is 6.20. The number of benzene rings is 2. The number of hydrogen-bond donors (Lipinski definition) is 0. The first-order valence-electron chi connectivity index (χ1n) is 6.20. The van der Waals surface area contributed by atoms with Gasteiger partial charge in [0, 0.05) is 5.39 Å². The molecular weight excluding hydrogens is 294 g/mol. The van der Waals surface area contributed by atoms with Crippen LogP contribution in [0.1, 0.15) is 0 Å².